The predicted molar refractivity (Wildman–Crippen MR) is 69.1 cm³/mol. The van der Waals surface area contributed by atoms with Crippen molar-refractivity contribution in [1.29, 1.82) is 0 Å². The van der Waals surface area contributed by atoms with E-state index in [9.17, 15) is 4.79 Å². The van der Waals surface area contributed by atoms with Gasteiger partial charge in [0.25, 0.3) is 0 Å². The van der Waals surface area contributed by atoms with Gasteiger partial charge in [0.1, 0.15) is 17.9 Å². The number of hydrogen-bond acceptors (Lipinski definition) is 4. The second kappa shape index (κ2) is 5.61. The average Bonchev–Trinajstić information content (AvgIpc) is 2.77. The topological polar surface area (TPSA) is 73.8 Å². The normalized spacial score (nSPS) is 24.4. The van der Waals surface area contributed by atoms with Gasteiger partial charge >= 0.3 is 0 Å². The largest absolute Gasteiger partial charge is 0.327 e. The van der Waals surface area contributed by atoms with Crippen LogP contribution in [0.4, 0.5) is 0 Å². The van der Waals surface area contributed by atoms with E-state index in [0.717, 1.165) is 31.5 Å². The Bertz CT molecular complexity index is 413. The summed E-state index contributed by atoms with van der Waals surface area (Å²) in [7, 11) is 0. The first-order chi connectivity index (χ1) is 8.59. The Morgan fingerprint density at radius 1 is 1.50 bits per heavy atom. The third-order valence-corrected chi connectivity index (χ3v) is 3.70. The molecule has 2 rings (SSSR count). The molecule has 1 aromatic heterocycles. The van der Waals surface area contributed by atoms with Gasteiger partial charge in [0, 0.05) is 18.0 Å². The Morgan fingerprint density at radius 2 is 2.22 bits per heavy atom. The number of carbonyl (C=O) groups excluding carboxylic acids is 1. The number of carbonyl (C=O) groups is 1. The van der Waals surface area contributed by atoms with Gasteiger partial charge in [0.05, 0.1) is 6.42 Å². The lowest BCUT2D eigenvalue weighted by molar-refractivity contribution is -0.123. The van der Waals surface area contributed by atoms with Gasteiger partial charge in [-0.2, -0.15) is 5.10 Å². The van der Waals surface area contributed by atoms with Crippen molar-refractivity contribution < 1.29 is 4.79 Å². The van der Waals surface area contributed by atoms with Crippen LogP contribution < -0.4 is 5.73 Å². The molecule has 5 nitrogen and oxygen atoms in total. The van der Waals surface area contributed by atoms with Crippen LogP contribution in [0.1, 0.15) is 51.4 Å². The number of hydrogen-bond donors (Lipinski definition) is 1. The lowest BCUT2D eigenvalue weighted by Crippen LogP contribution is -2.39. The van der Waals surface area contributed by atoms with Crippen LogP contribution in [0, 0.1) is 5.92 Å². The lowest BCUT2D eigenvalue weighted by Gasteiger charge is -2.27. The molecule has 0 bridgehead atoms. The van der Waals surface area contributed by atoms with Crippen LogP contribution >= 0.6 is 0 Å². The summed E-state index contributed by atoms with van der Waals surface area (Å²) in [5, 5.41) is 4.15. The number of Topliss-reactive ketones (excluding diaryl/α,β-unsaturated/α-hetero) is 1. The number of aromatic nitrogens is 3. The van der Waals surface area contributed by atoms with E-state index < -0.39 is 0 Å². The Morgan fingerprint density at radius 3 is 2.89 bits per heavy atom. The van der Waals surface area contributed by atoms with Crippen molar-refractivity contribution in [2.75, 3.05) is 0 Å². The highest BCUT2D eigenvalue weighted by atomic mass is 16.1. The molecule has 1 aliphatic carbocycles. The van der Waals surface area contributed by atoms with E-state index in [1.807, 2.05) is 18.5 Å². The monoisotopic (exact) mass is 250 g/mol. The van der Waals surface area contributed by atoms with Crippen molar-refractivity contribution in [1.82, 2.24) is 14.8 Å². The minimum Gasteiger partial charge on any atom is -0.327 e. The summed E-state index contributed by atoms with van der Waals surface area (Å²) in [5.41, 5.74) is 6.04. The van der Waals surface area contributed by atoms with Crippen LogP contribution in [-0.2, 0) is 11.2 Å². The molecule has 100 valence electrons. The molecule has 2 N–H and O–H groups in total. The molecule has 0 aromatic carbocycles. The number of nitrogens with zero attached hydrogens (tertiary/aromatic N) is 3. The molecule has 18 heavy (non-hydrogen) atoms. The number of rotatable bonds is 4. The van der Waals surface area contributed by atoms with Crippen molar-refractivity contribution in [3.63, 3.8) is 0 Å². The molecule has 2 unspecified atom stereocenters. The molecule has 1 fully saturated rings. The summed E-state index contributed by atoms with van der Waals surface area (Å²) >= 11 is 0. The highest BCUT2D eigenvalue weighted by Gasteiger charge is 2.29. The van der Waals surface area contributed by atoms with Crippen molar-refractivity contribution in [2.24, 2.45) is 11.7 Å². The summed E-state index contributed by atoms with van der Waals surface area (Å²) in [5.74, 6) is 0.987. The molecular weight excluding hydrogens is 228 g/mol. The van der Waals surface area contributed by atoms with E-state index in [4.69, 9.17) is 5.73 Å². The fourth-order valence-electron chi connectivity index (χ4n) is 2.68. The molecule has 0 aliphatic heterocycles. The van der Waals surface area contributed by atoms with Gasteiger partial charge in [-0.25, -0.2) is 9.67 Å². The van der Waals surface area contributed by atoms with Crippen molar-refractivity contribution in [3.8, 4) is 0 Å². The molecule has 0 amide bonds. The van der Waals surface area contributed by atoms with Crippen LogP contribution in [0.15, 0.2) is 6.33 Å². The highest BCUT2D eigenvalue weighted by molar-refractivity contribution is 5.83. The van der Waals surface area contributed by atoms with Gasteiger partial charge in [-0.15, -0.1) is 0 Å². The van der Waals surface area contributed by atoms with E-state index >= 15 is 0 Å². The van der Waals surface area contributed by atoms with Crippen molar-refractivity contribution >= 4 is 5.78 Å². The van der Waals surface area contributed by atoms with Gasteiger partial charge in [0.15, 0.2) is 0 Å². The van der Waals surface area contributed by atoms with E-state index in [-0.39, 0.29) is 23.8 Å². The Balaban J connectivity index is 2.04. The van der Waals surface area contributed by atoms with Gasteiger partial charge in [0.2, 0.25) is 0 Å². The van der Waals surface area contributed by atoms with Crippen LogP contribution in [-0.4, -0.2) is 26.6 Å². The second-order valence-electron chi connectivity index (χ2n) is 5.41. The molecule has 2 atom stereocenters. The quantitative estimate of drug-likeness (QED) is 0.878. The summed E-state index contributed by atoms with van der Waals surface area (Å²) in [6, 6.07) is 0.261. The number of ketones is 1. The van der Waals surface area contributed by atoms with E-state index in [1.165, 1.54) is 6.33 Å². The van der Waals surface area contributed by atoms with Crippen LogP contribution in [0.5, 0.6) is 0 Å². The fraction of sp³-hybridized carbons (Fsp3) is 0.769. The maximum Gasteiger partial charge on any atom is 0.145 e. The van der Waals surface area contributed by atoms with E-state index in [0.29, 0.717) is 6.42 Å². The molecule has 1 saturated carbocycles. The lowest BCUT2D eigenvalue weighted by atomic mass is 9.81. The first kappa shape index (κ1) is 13.2. The van der Waals surface area contributed by atoms with Crippen molar-refractivity contribution in [2.45, 2.75) is 58.0 Å². The summed E-state index contributed by atoms with van der Waals surface area (Å²) in [6.45, 7) is 4.07. The molecule has 0 radical (unpaired) electrons. The maximum atomic E-state index is 12.3. The third kappa shape index (κ3) is 2.77. The molecule has 1 aliphatic rings. The van der Waals surface area contributed by atoms with Gasteiger partial charge in [-0.05, 0) is 26.7 Å². The Hall–Kier alpha value is -1.23. The smallest absolute Gasteiger partial charge is 0.145 e. The van der Waals surface area contributed by atoms with E-state index in [1.54, 1.807) is 0 Å². The molecule has 5 heteroatoms. The summed E-state index contributed by atoms with van der Waals surface area (Å²) in [4.78, 5) is 16.5. The van der Waals surface area contributed by atoms with Gasteiger partial charge < -0.3 is 5.73 Å². The zero-order valence-electron chi connectivity index (χ0n) is 11.2. The van der Waals surface area contributed by atoms with Gasteiger partial charge in [-0.3, -0.25) is 4.79 Å². The highest BCUT2D eigenvalue weighted by Crippen LogP contribution is 2.24. The molecule has 0 saturated heterocycles. The summed E-state index contributed by atoms with van der Waals surface area (Å²) in [6.07, 6.45) is 6.02. The minimum absolute atomic E-state index is 0.0102. The zero-order valence-corrected chi connectivity index (χ0v) is 11.2. The van der Waals surface area contributed by atoms with E-state index in [2.05, 4.69) is 10.1 Å². The minimum atomic E-state index is 0.0102. The first-order valence-electron chi connectivity index (χ1n) is 6.76. The van der Waals surface area contributed by atoms with Crippen LogP contribution in [0.3, 0.4) is 0 Å². The Labute approximate surface area is 108 Å². The molecule has 1 heterocycles. The average molecular weight is 250 g/mol. The standard InChI is InChI=1S/C13H22N4O/c1-9(2)17-13(15-8-16-17)7-12(18)10-5-3-4-6-11(10)14/h8-11H,3-7,14H2,1-2H3. The SMILES string of the molecule is CC(C)n1ncnc1CC(=O)C1CCCCC1N. The second-order valence-corrected chi connectivity index (χ2v) is 5.41. The third-order valence-electron chi connectivity index (χ3n) is 3.70. The van der Waals surface area contributed by atoms with Gasteiger partial charge in [-0.1, -0.05) is 12.8 Å². The first-order valence-corrected chi connectivity index (χ1v) is 6.76. The number of nitrogens with two attached hydrogens (primary N) is 1. The zero-order chi connectivity index (χ0) is 13.1. The van der Waals surface area contributed by atoms with Crippen LogP contribution in [0.2, 0.25) is 0 Å². The maximum absolute atomic E-state index is 12.3. The summed E-state index contributed by atoms with van der Waals surface area (Å²) < 4.78 is 1.81. The van der Waals surface area contributed by atoms with Crippen molar-refractivity contribution in [3.05, 3.63) is 12.2 Å². The molecular formula is C13H22N4O. The fourth-order valence-corrected chi connectivity index (χ4v) is 2.68. The predicted octanol–water partition coefficient (Wildman–Crippen LogP) is 1.49. The molecule has 1 aromatic rings. The molecule has 0 spiro atoms. The Kier molecular flexibility index (Phi) is 4.11. The van der Waals surface area contributed by atoms with Crippen LogP contribution in [0.25, 0.3) is 0 Å².